The highest BCUT2D eigenvalue weighted by molar-refractivity contribution is 5.98. The van der Waals surface area contributed by atoms with E-state index < -0.39 is 0 Å². The van der Waals surface area contributed by atoms with E-state index in [0.29, 0.717) is 23.5 Å². The van der Waals surface area contributed by atoms with Crippen LogP contribution >= 0.6 is 0 Å². The number of aromatic nitrogens is 2. The minimum absolute atomic E-state index is 0.149. The van der Waals surface area contributed by atoms with Crippen LogP contribution in [0.5, 0.6) is 0 Å². The zero-order valence-electron chi connectivity index (χ0n) is 17.5. The summed E-state index contributed by atoms with van der Waals surface area (Å²) >= 11 is 0. The van der Waals surface area contributed by atoms with E-state index in [2.05, 4.69) is 9.97 Å². The van der Waals surface area contributed by atoms with E-state index in [1.165, 1.54) is 6.07 Å². The number of hydrogen-bond acceptors (Lipinski definition) is 4. The molecule has 0 aliphatic heterocycles. The van der Waals surface area contributed by atoms with Gasteiger partial charge in [-0.3, -0.25) is 9.78 Å². The van der Waals surface area contributed by atoms with Crippen LogP contribution in [-0.2, 0) is 13.1 Å². The number of nitrogens with zero attached hydrogens (tertiary/aromatic N) is 3. The fraction of sp³-hybridized carbons (Fsp3) is 0.160. The normalized spacial score (nSPS) is 10.9. The van der Waals surface area contributed by atoms with Crippen molar-refractivity contribution in [1.29, 1.82) is 0 Å². The quantitative estimate of drug-likeness (QED) is 0.509. The van der Waals surface area contributed by atoms with E-state index >= 15 is 0 Å². The molecule has 0 aliphatic rings. The first-order chi connectivity index (χ1) is 14.9. The lowest BCUT2D eigenvalue weighted by molar-refractivity contribution is 0.0728. The number of amides is 1. The minimum Gasteiger partial charge on any atom is -0.383 e. The summed E-state index contributed by atoms with van der Waals surface area (Å²) in [6, 6.07) is 15.7. The molecular weight excluding hydrogens is 391 g/mol. The van der Waals surface area contributed by atoms with Gasteiger partial charge in [0.05, 0.1) is 5.52 Å². The lowest BCUT2D eigenvalue weighted by Gasteiger charge is -2.24. The SMILES string of the molecule is Cc1cncc(CN(Cc2ccccc2F)C(=O)c2ccc3nc(N)c(C)cc3c2)c1. The fourth-order valence-corrected chi connectivity index (χ4v) is 3.57. The van der Waals surface area contributed by atoms with Crippen molar-refractivity contribution in [3.05, 3.63) is 101 Å². The average Bonchev–Trinajstić information content (AvgIpc) is 2.75. The average molecular weight is 414 g/mol. The number of aryl methyl sites for hydroxylation is 2. The predicted molar refractivity (Wildman–Crippen MR) is 120 cm³/mol. The van der Waals surface area contributed by atoms with Crippen LogP contribution in [0.3, 0.4) is 0 Å². The number of halogens is 1. The number of carbonyl (C=O) groups excluding carboxylic acids is 1. The third kappa shape index (κ3) is 4.53. The summed E-state index contributed by atoms with van der Waals surface area (Å²) in [5.74, 6) is -0.0580. The molecule has 2 heterocycles. The minimum atomic E-state index is -0.337. The topological polar surface area (TPSA) is 72.1 Å². The zero-order valence-corrected chi connectivity index (χ0v) is 17.5. The summed E-state index contributed by atoms with van der Waals surface area (Å²) in [6.45, 7) is 4.30. The number of benzene rings is 2. The third-order valence-electron chi connectivity index (χ3n) is 5.20. The molecule has 4 aromatic rings. The Kier molecular flexibility index (Phi) is 5.62. The first kappa shape index (κ1) is 20.5. The first-order valence-electron chi connectivity index (χ1n) is 10.0. The van der Waals surface area contributed by atoms with Crippen molar-refractivity contribution in [3.8, 4) is 0 Å². The Morgan fingerprint density at radius 2 is 1.84 bits per heavy atom. The molecule has 0 saturated carbocycles. The van der Waals surface area contributed by atoms with Gasteiger partial charge in [0.25, 0.3) is 5.91 Å². The lowest BCUT2D eigenvalue weighted by atomic mass is 10.1. The highest BCUT2D eigenvalue weighted by Crippen LogP contribution is 2.22. The van der Waals surface area contributed by atoms with Gasteiger partial charge >= 0.3 is 0 Å². The Morgan fingerprint density at radius 1 is 1.03 bits per heavy atom. The smallest absolute Gasteiger partial charge is 0.254 e. The summed E-state index contributed by atoms with van der Waals surface area (Å²) in [6.07, 6.45) is 3.49. The van der Waals surface area contributed by atoms with Crippen LogP contribution in [0.15, 0.2) is 67.0 Å². The number of hydrogen-bond donors (Lipinski definition) is 1. The van der Waals surface area contributed by atoms with Crippen LogP contribution < -0.4 is 5.73 Å². The Bertz CT molecular complexity index is 1270. The summed E-state index contributed by atoms with van der Waals surface area (Å²) in [5.41, 5.74) is 10.3. The van der Waals surface area contributed by atoms with Gasteiger partial charge in [-0.1, -0.05) is 24.3 Å². The number of fused-ring (bicyclic) bond motifs is 1. The van der Waals surface area contributed by atoms with Crippen LogP contribution in [0.25, 0.3) is 10.9 Å². The highest BCUT2D eigenvalue weighted by Gasteiger charge is 2.19. The van der Waals surface area contributed by atoms with Crippen molar-refractivity contribution in [2.75, 3.05) is 5.73 Å². The molecule has 1 amide bonds. The number of nitrogens with two attached hydrogens (primary N) is 1. The van der Waals surface area contributed by atoms with E-state index in [0.717, 1.165) is 27.6 Å². The molecule has 4 rings (SSSR count). The number of nitrogen functional groups attached to an aromatic ring is 1. The van der Waals surface area contributed by atoms with Crippen molar-refractivity contribution < 1.29 is 9.18 Å². The number of pyridine rings is 2. The lowest BCUT2D eigenvalue weighted by Crippen LogP contribution is -2.30. The molecular formula is C25H23FN4O. The van der Waals surface area contributed by atoms with Gasteiger partial charge in [-0.05, 0) is 60.9 Å². The van der Waals surface area contributed by atoms with E-state index in [1.54, 1.807) is 53.7 Å². The van der Waals surface area contributed by atoms with Crippen molar-refractivity contribution >= 4 is 22.6 Å². The molecule has 0 aliphatic carbocycles. The van der Waals surface area contributed by atoms with E-state index in [-0.39, 0.29) is 18.3 Å². The Balaban J connectivity index is 1.71. The Hall–Kier alpha value is -3.80. The van der Waals surface area contributed by atoms with Crippen molar-refractivity contribution in [1.82, 2.24) is 14.9 Å². The number of carbonyl (C=O) groups is 1. The maximum Gasteiger partial charge on any atom is 0.254 e. The third-order valence-corrected chi connectivity index (χ3v) is 5.20. The van der Waals surface area contributed by atoms with Crippen molar-refractivity contribution in [3.63, 3.8) is 0 Å². The van der Waals surface area contributed by atoms with Crippen molar-refractivity contribution in [2.45, 2.75) is 26.9 Å². The van der Waals surface area contributed by atoms with E-state index in [1.807, 2.05) is 26.0 Å². The van der Waals surface area contributed by atoms with E-state index in [4.69, 9.17) is 5.73 Å². The van der Waals surface area contributed by atoms with Crippen LogP contribution in [0, 0.1) is 19.7 Å². The van der Waals surface area contributed by atoms with Gasteiger partial charge < -0.3 is 10.6 Å². The molecule has 2 aromatic heterocycles. The molecule has 0 radical (unpaired) electrons. The summed E-state index contributed by atoms with van der Waals surface area (Å²) in [5, 5.41) is 0.834. The maximum atomic E-state index is 14.3. The second-order valence-electron chi connectivity index (χ2n) is 7.72. The Labute approximate surface area is 180 Å². The van der Waals surface area contributed by atoms with Crippen LogP contribution in [0.4, 0.5) is 10.2 Å². The summed E-state index contributed by atoms with van der Waals surface area (Å²) in [4.78, 5) is 23.7. The molecule has 0 bridgehead atoms. The molecule has 2 N–H and O–H groups in total. The first-order valence-corrected chi connectivity index (χ1v) is 10.0. The second-order valence-corrected chi connectivity index (χ2v) is 7.72. The van der Waals surface area contributed by atoms with Gasteiger partial charge in [0.1, 0.15) is 11.6 Å². The van der Waals surface area contributed by atoms with Gasteiger partial charge in [0.2, 0.25) is 0 Å². The molecule has 5 nitrogen and oxygen atoms in total. The van der Waals surface area contributed by atoms with Crippen molar-refractivity contribution in [2.24, 2.45) is 0 Å². The molecule has 0 spiro atoms. The van der Waals surface area contributed by atoms with Gasteiger partial charge in [-0.2, -0.15) is 0 Å². The van der Waals surface area contributed by atoms with Gasteiger partial charge in [0.15, 0.2) is 0 Å². The Morgan fingerprint density at radius 3 is 2.61 bits per heavy atom. The number of rotatable bonds is 5. The highest BCUT2D eigenvalue weighted by atomic mass is 19.1. The molecule has 6 heteroatoms. The molecule has 156 valence electrons. The second kappa shape index (κ2) is 8.52. The number of anilines is 1. The molecule has 0 saturated heterocycles. The van der Waals surface area contributed by atoms with Crippen LogP contribution in [-0.4, -0.2) is 20.8 Å². The van der Waals surface area contributed by atoms with Crippen LogP contribution in [0.1, 0.15) is 32.6 Å². The van der Waals surface area contributed by atoms with Gasteiger partial charge in [-0.25, -0.2) is 9.37 Å². The summed E-state index contributed by atoms with van der Waals surface area (Å²) < 4.78 is 14.3. The standard InChI is InChI=1S/C25H23FN4O/c1-16-9-18(13-28-12-16)14-30(15-20-5-3-4-6-22(20)26)25(31)19-7-8-23-21(11-19)10-17(2)24(27)29-23/h3-13H,14-15H2,1-2H3,(H2,27,29). The van der Waals surface area contributed by atoms with E-state index in [9.17, 15) is 9.18 Å². The molecule has 0 fully saturated rings. The largest absolute Gasteiger partial charge is 0.383 e. The molecule has 0 unspecified atom stereocenters. The monoisotopic (exact) mass is 414 g/mol. The molecule has 0 atom stereocenters. The zero-order chi connectivity index (χ0) is 22.0. The summed E-state index contributed by atoms with van der Waals surface area (Å²) in [7, 11) is 0. The molecule has 31 heavy (non-hydrogen) atoms. The van der Waals surface area contributed by atoms with Gasteiger partial charge in [-0.15, -0.1) is 0 Å². The van der Waals surface area contributed by atoms with Crippen LogP contribution in [0.2, 0.25) is 0 Å². The maximum absolute atomic E-state index is 14.3. The fourth-order valence-electron chi connectivity index (χ4n) is 3.57. The predicted octanol–water partition coefficient (Wildman–Crippen LogP) is 4.81. The molecule has 2 aromatic carbocycles. The van der Waals surface area contributed by atoms with Gasteiger partial charge in [0, 0.05) is 42.0 Å².